The van der Waals surface area contributed by atoms with Crippen molar-refractivity contribution in [3.63, 3.8) is 0 Å². The van der Waals surface area contributed by atoms with Crippen molar-refractivity contribution in [3.8, 4) is 0 Å². The number of aryl methyl sites for hydroxylation is 1. The molecule has 2 aromatic carbocycles. The number of carbonyl (C=O) groups excluding carboxylic acids is 2. The Bertz CT molecular complexity index is 654. The van der Waals surface area contributed by atoms with Gasteiger partial charge in [0.2, 0.25) is 11.8 Å². The molecular weight excluding hydrogens is 332 g/mol. The van der Waals surface area contributed by atoms with Crippen LogP contribution in [0.1, 0.15) is 12.0 Å². The van der Waals surface area contributed by atoms with E-state index < -0.39 is 0 Å². The first-order valence-electron chi connectivity index (χ1n) is 6.45. The second-order valence-electron chi connectivity index (χ2n) is 4.62. The Morgan fingerprint density at radius 1 is 0.952 bits per heavy atom. The third kappa shape index (κ3) is 4.72. The van der Waals surface area contributed by atoms with Crippen LogP contribution < -0.4 is 10.6 Å². The minimum absolute atomic E-state index is 0.227. The third-order valence-corrected chi connectivity index (χ3v) is 3.50. The van der Waals surface area contributed by atoms with Gasteiger partial charge in [0.15, 0.2) is 0 Å². The smallest absolute Gasteiger partial charge is 0.233 e. The van der Waals surface area contributed by atoms with Crippen molar-refractivity contribution < 1.29 is 9.59 Å². The summed E-state index contributed by atoms with van der Waals surface area (Å²) in [5.41, 5.74) is 2.43. The third-order valence-electron chi connectivity index (χ3n) is 2.80. The molecule has 0 heterocycles. The number of halogens is 1. The minimum Gasteiger partial charge on any atom is -0.326 e. The van der Waals surface area contributed by atoms with Crippen LogP contribution in [-0.4, -0.2) is 11.8 Å². The molecule has 0 radical (unpaired) electrons. The maximum Gasteiger partial charge on any atom is 0.233 e. The molecule has 2 N–H and O–H groups in total. The highest BCUT2D eigenvalue weighted by atomic mass is 79.9. The van der Waals surface area contributed by atoms with Gasteiger partial charge >= 0.3 is 0 Å². The Labute approximate surface area is 131 Å². The summed E-state index contributed by atoms with van der Waals surface area (Å²) >= 11 is 3.34. The normalized spacial score (nSPS) is 10.0. The topological polar surface area (TPSA) is 58.2 Å². The molecule has 0 aliphatic carbocycles. The average Bonchev–Trinajstić information content (AvgIpc) is 2.44. The van der Waals surface area contributed by atoms with Crippen molar-refractivity contribution in [1.82, 2.24) is 0 Å². The van der Waals surface area contributed by atoms with E-state index in [2.05, 4.69) is 26.6 Å². The Balaban J connectivity index is 1.89. The zero-order chi connectivity index (χ0) is 15.2. The molecule has 2 aromatic rings. The lowest BCUT2D eigenvalue weighted by Gasteiger charge is -2.08. The van der Waals surface area contributed by atoms with E-state index in [-0.39, 0.29) is 18.2 Å². The molecule has 4 nitrogen and oxygen atoms in total. The molecule has 0 aliphatic rings. The van der Waals surface area contributed by atoms with E-state index in [0.717, 1.165) is 10.0 Å². The zero-order valence-electron chi connectivity index (χ0n) is 11.5. The summed E-state index contributed by atoms with van der Waals surface area (Å²) in [4.78, 5) is 23.6. The molecule has 0 saturated carbocycles. The van der Waals surface area contributed by atoms with E-state index in [9.17, 15) is 9.59 Å². The molecule has 0 unspecified atom stereocenters. The zero-order valence-corrected chi connectivity index (χ0v) is 13.1. The standard InChI is InChI=1S/C16H15BrN2O2/c1-11-6-8-12(9-7-11)18-15(20)10-16(21)19-14-5-3-2-4-13(14)17/h2-9H,10H2,1H3,(H,18,20)(H,19,21). The van der Waals surface area contributed by atoms with Crippen LogP contribution in [0.5, 0.6) is 0 Å². The van der Waals surface area contributed by atoms with Crippen molar-refractivity contribution >= 4 is 39.1 Å². The molecule has 5 heteroatoms. The summed E-state index contributed by atoms with van der Waals surface area (Å²) in [5.74, 6) is -0.699. The van der Waals surface area contributed by atoms with Crippen molar-refractivity contribution in [2.45, 2.75) is 13.3 Å². The summed E-state index contributed by atoms with van der Waals surface area (Å²) in [6.07, 6.45) is -0.227. The van der Waals surface area contributed by atoms with Crippen LogP contribution in [0.2, 0.25) is 0 Å². The number of nitrogens with one attached hydrogen (secondary N) is 2. The van der Waals surface area contributed by atoms with E-state index in [4.69, 9.17) is 0 Å². The number of amides is 2. The van der Waals surface area contributed by atoms with Gasteiger partial charge in [-0.15, -0.1) is 0 Å². The monoisotopic (exact) mass is 346 g/mol. The molecule has 2 rings (SSSR count). The first-order valence-corrected chi connectivity index (χ1v) is 7.25. The molecular formula is C16H15BrN2O2. The van der Waals surface area contributed by atoms with Crippen LogP contribution in [0.4, 0.5) is 11.4 Å². The fourth-order valence-corrected chi connectivity index (χ4v) is 2.13. The van der Waals surface area contributed by atoms with Crippen LogP contribution >= 0.6 is 15.9 Å². The lowest BCUT2D eigenvalue weighted by Crippen LogP contribution is -2.21. The highest BCUT2D eigenvalue weighted by Gasteiger charge is 2.11. The van der Waals surface area contributed by atoms with Gasteiger partial charge in [0.05, 0.1) is 5.69 Å². The fraction of sp³-hybridized carbons (Fsp3) is 0.125. The molecule has 0 fully saturated rings. The predicted octanol–water partition coefficient (Wildman–Crippen LogP) is 3.72. The molecule has 0 atom stereocenters. The van der Waals surface area contributed by atoms with Crippen molar-refractivity contribution in [1.29, 1.82) is 0 Å². The van der Waals surface area contributed by atoms with E-state index in [1.807, 2.05) is 37.3 Å². The van der Waals surface area contributed by atoms with Gasteiger partial charge in [-0.05, 0) is 47.1 Å². The molecule has 0 spiro atoms. The molecule has 2 amide bonds. The SMILES string of the molecule is Cc1ccc(NC(=O)CC(=O)Nc2ccccc2Br)cc1. The summed E-state index contributed by atoms with van der Waals surface area (Å²) in [5, 5.41) is 5.38. The molecule has 0 aromatic heterocycles. The lowest BCUT2D eigenvalue weighted by atomic mass is 10.2. The van der Waals surface area contributed by atoms with E-state index in [1.54, 1.807) is 18.2 Å². The first kappa shape index (κ1) is 15.3. The van der Waals surface area contributed by atoms with Crippen LogP contribution in [-0.2, 0) is 9.59 Å². The quantitative estimate of drug-likeness (QED) is 0.828. The number of rotatable bonds is 4. The summed E-state index contributed by atoms with van der Waals surface area (Å²) < 4.78 is 0.775. The number of hydrogen-bond donors (Lipinski definition) is 2. The van der Waals surface area contributed by atoms with Gasteiger partial charge in [0, 0.05) is 10.2 Å². The summed E-state index contributed by atoms with van der Waals surface area (Å²) in [7, 11) is 0. The maximum atomic E-state index is 11.8. The Morgan fingerprint density at radius 3 is 2.24 bits per heavy atom. The van der Waals surface area contributed by atoms with Crippen LogP contribution in [0.25, 0.3) is 0 Å². The van der Waals surface area contributed by atoms with Crippen molar-refractivity contribution in [2.24, 2.45) is 0 Å². The van der Waals surface area contributed by atoms with Gasteiger partial charge in [-0.2, -0.15) is 0 Å². The first-order chi connectivity index (χ1) is 10.0. The van der Waals surface area contributed by atoms with Crippen LogP contribution in [0.15, 0.2) is 53.0 Å². The maximum absolute atomic E-state index is 11.8. The van der Waals surface area contributed by atoms with Gasteiger partial charge in [0.1, 0.15) is 6.42 Å². The van der Waals surface area contributed by atoms with E-state index >= 15 is 0 Å². The average molecular weight is 347 g/mol. The van der Waals surface area contributed by atoms with Gasteiger partial charge in [-0.25, -0.2) is 0 Å². The second-order valence-corrected chi connectivity index (χ2v) is 5.47. The molecule has 21 heavy (non-hydrogen) atoms. The number of anilines is 2. The summed E-state index contributed by atoms with van der Waals surface area (Å²) in [6.45, 7) is 1.97. The lowest BCUT2D eigenvalue weighted by molar-refractivity contribution is -0.123. The number of para-hydroxylation sites is 1. The van der Waals surface area contributed by atoms with Gasteiger partial charge in [-0.1, -0.05) is 29.8 Å². The highest BCUT2D eigenvalue weighted by molar-refractivity contribution is 9.10. The number of carbonyl (C=O) groups is 2. The second kappa shape index (κ2) is 7.04. The highest BCUT2D eigenvalue weighted by Crippen LogP contribution is 2.21. The summed E-state index contributed by atoms with van der Waals surface area (Å²) in [6, 6.07) is 14.7. The molecule has 108 valence electrons. The van der Waals surface area contributed by atoms with Gasteiger partial charge in [0.25, 0.3) is 0 Å². The Morgan fingerprint density at radius 2 is 1.57 bits per heavy atom. The molecule has 0 aliphatic heterocycles. The number of benzene rings is 2. The van der Waals surface area contributed by atoms with E-state index in [1.165, 1.54) is 0 Å². The van der Waals surface area contributed by atoms with Crippen LogP contribution in [0, 0.1) is 6.92 Å². The molecule has 0 saturated heterocycles. The Hall–Kier alpha value is -2.14. The predicted molar refractivity (Wildman–Crippen MR) is 87.2 cm³/mol. The minimum atomic E-state index is -0.355. The molecule has 0 bridgehead atoms. The van der Waals surface area contributed by atoms with Gasteiger partial charge < -0.3 is 10.6 Å². The largest absolute Gasteiger partial charge is 0.326 e. The van der Waals surface area contributed by atoms with E-state index in [0.29, 0.717) is 11.4 Å². The Kier molecular flexibility index (Phi) is 5.11. The van der Waals surface area contributed by atoms with Gasteiger partial charge in [-0.3, -0.25) is 9.59 Å². The van der Waals surface area contributed by atoms with Crippen molar-refractivity contribution in [2.75, 3.05) is 10.6 Å². The fourth-order valence-electron chi connectivity index (χ4n) is 1.74. The number of hydrogen-bond acceptors (Lipinski definition) is 2. The van der Waals surface area contributed by atoms with Crippen LogP contribution in [0.3, 0.4) is 0 Å². The van der Waals surface area contributed by atoms with Crippen molar-refractivity contribution in [3.05, 3.63) is 58.6 Å².